The largest absolute Gasteiger partial charge is 0.481 e. The minimum Gasteiger partial charge on any atom is -0.481 e. The summed E-state index contributed by atoms with van der Waals surface area (Å²) < 4.78 is 14.1. The van der Waals surface area contributed by atoms with Crippen LogP contribution in [-0.4, -0.2) is 86.1 Å². The molecular weight excluding hydrogens is 729 g/mol. The SMILES string of the molecule is COc1nc(O[C@H]2CCc3c(-c4cccc(-c5cnc6c(CN7CC8(CNC(=O)C8)C7)cn(C)c6n5)c4Cl)cccc32)c(Cl)cc1CN1CC(C(=O)O)C1. The van der Waals surface area contributed by atoms with E-state index in [2.05, 4.69) is 33.5 Å². The van der Waals surface area contributed by atoms with Gasteiger partial charge in [0.2, 0.25) is 17.7 Å². The topological polar surface area (TPSA) is 135 Å². The third kappa shape index (κ3) is 6.14. The van der Waals surface area contributed by atoms with Crippen molar-refractivity contribution in [3.63, 3.8) is 0 Å². The van der Waals surface area contributed by atoms with E-state index in [4.69, 9.17) is 42.6 Å². The number of carbonyl (C=O) groups is 2. The summed E-state index contributed by atoms with van der Waals surface area (Å²) in [6, 6.07) is 14.0. The summed E-state index contributed by atoms with van der Waals surface area (Å²) in [5, 5.41) is 13.2. The summed E-state index contributed by atoms with van der Waals surface area (Å²) in [5.74, 6) is -0.288. The highest BCUT2D eigenvalue weighted by molar-refractivity contribution is 6.36. The zero-order chi connectivity index (χ0) is 37.3. The molecule has 12 nitrogen and oxygen atoms in total. The summed E-state index contributed by atoms with van der Waals surface area (Å²) in [6.07, 6.45) is 5.76. The molecule has 0 saturated carbocycles. The molecule has 3 fully saturated rings. The molecule has 278 valence electrons. The first kappa shape index (κ1) is 35.0. The minimum absolute atomic E-state index is 0.0761. The van der Waals surface area contributed by atoms with E-state index in [9.17, 15) is 14.7 Å². The molecule has 6 heterocycles. The van der Waals surface area contributed by atoms with Gasteiger partial charge in [-0.2, -0.15) is 4.98 Å². The van der Waals surface area contributed by atoms with E-state index in [0.29, 0.717) is 53.6 Å². The highest BCUT2D eigenvalue weighted by atomic mass is 35.5. The fourth-order valence-corrected chi connectivity index (χ4v) is 9.25. The van der Waals surface area contributed by atoms with Crippen LogP contribution in [0.2, 0.25) is 10.0 Å². The third-order valence-electron chi connectivity index (χ3n) is 11.4. The van der Waals surface area contributed by atoms with E-state index >= 15 is 0 Å². The number of amides is 1. The first-order valence-corrected chi connectivity index (χ1v) is 18.9. The molecule has 2 N–H and O–H groups in total. The first-order chi connectivity index (χ1) is 26.1. The van der Waals surface area contributed by atoms with Crippen molar-refractivity contribution in [1.29, 1.82) is 0 Å². The van der Waals surface area contributed by atoms with Crippen LogP contribution in [0.4, 0.5) is 0 Å². The number of carboxylic acids is 1. The van der Waals surface area contributed by atoms with E-state index in [1.165, 1.54) is 0 Å². The number of hydrogen-bond acceptors (Lipinski definition) is 9. The van der Waals surface area contributed by atoms with Crippen molar-refractivity contribution in [2.75, 3.05) is 39.8 Å². The Labute approximate surface area is 322 Å². The van der Waals surface area contributed by atoms with E-state index in [-0.39, 0.29) is 23.3 Å². The Morgan fingerprint density at radius 3 is 2.54 bits per heavy atom. The van der Waals surface area contributed by atoms with Gasteiger partial charge in [-0.3, -0.25) is 24.4 Å². The van der Waals surface area contributed by atoms with Crippen LogP contribution in [0.15, 0.2) is 54.9 Å². The molecule has 1 atom stereocenters. The van der Waals surface area contributed by atoms with Crippen molar-refractivity contribution >= 4 is 46.2 Å². The predicted molar refractivity (Wildman–Crippen MR) is 204 cm³/mol. The molecule has 5 aromatic rings. The quantitative estimate of drug-likeness (QED) is 0.177. The lowest BCUT2D eigenvalue weighted by Gasteiger charge is -2.47. The molecule has 14 heteroatoms. The standard InChI is InChI=1S/C40H39Cl2N7O5/c1-47-14-23(16-49-20-40(21-49)12-33(50)44-19-40)35-36(47)45-31(13-43-35)29-8-4-7-28(34(29)42)25-5-3-6-27-26(25)9-10-32(27)54-38-30(41)11-22(37(46-38)53-2)15-48-17-24(18-48)39(51)52/h3-8,11,13-14,24,32H,9-10,12,15-21H2,1-2H3,(H,44,50)(H,51,52)/t32-/m0/s1. The van der Waals surface area contributed by atoms with Gasteiger partial charge in [0, 0.05) is 93.1 Å². The second-order valence-corrected chi connectivity index (χ2v) is 15.9. The third-order valence-corrected chi connectivity index (χ3v) is 12.0. The van der Waals surface area contributed by atoms with Gasteiger partial charge in [-0.1, -0.05) is 59.6 Å². The number of carboxylic acid groups (broad SMARTS) is 1. The Balaban J connectivity index is 0.939. The monoisotopic (exact) mass is 767 g/mol. The minimum atomic E-state index is -0.781. The molecule has 1 amide bonds. The molecule has 1 aliphatic carbocycles. The number of pyridine rings is 1. The van der Waals surface area contributed by atoms with Crippen LogP contribution in [-0.2, 0) is 36.1 Å². The number of likely N-dealkylation sites (tertiary alicyclic amines) is 2. The number of fused-ring (bicyclic) bond motifs is 2. The zero-order valence-corrected chi connectivity index (χ0v) is 31.5. The van der Waals surface area contributed by atoms with Gasteiger partial charge in [0.1, 0.15) is 16.6 Å². The van der Waals surface area contributed by atoms with Crippen molar-refractivity contribution in [2.45, 2.75) is 38.5 Å². The number of carbonyl (C=O) groups excluding carboxylic acids is 1. The maximum absolute atomic E-state index is 11.8. The molecule has 4 aliphatic rings. The maximum Gasteiger partial charge on any atom is 0.309 e. The molecule has 0 radical (unpaired) electrons. The predicted octanol–water partition coefficient (Wildman–Crippen LogP) is 5.92. The summed E-state index contributed by atoms with van der Waals surface area (Å²) >= 11 is 14.0. The van der Waals surface area contributed by atoms with E-state index in [1.807, 2.05) is 40.8 Å². The van der Waals surface area contributed by atoms with Gasteiger partial charge in [-0.25, -0.2) is 4.98 Å². The second kappa shape index (κ2) is 13.5. The highest BCUT2D eigenvalue weighted by Crippen LogP contribution is 2.45. The van der Waals surface area contributed by atoms with Gasteiger partial charge in [0.25, 0.3) is 0 Å². The van der Waals surface area contributed by atoms with Gasteiger partial charge in [0.15, 0.2) is 5.65 Å². The summed E-state index contributed by atoms with van der Waals surface area (Å²) in [7, 11) is 3.54. The fraction of sp³-hybridized carbons (Fsp3) is 0.375. The van der Waals surface area contributed by atoms with Gasteiger partial charge >= 0.3 is 5.97 Å². The Bertz CT molecular complexity index is 2340. The van der Waals surface area contributed by atoms with E-state index < -0.39 is 5.97 Å². The van der Waals surface area contributed by atoms with Gasteiger partial charge in [0.05, 0.1) is 29.9 Å². The number of rotatable bonds is 10. The summed E-state index contributed by atoms with van der Waals surface area (Å²) in [6.45, 7) is 4.76. The first-order valence-electron chi connectivity index (χ1n) is 18.1. The number of methoxy groups -OCH3 is 1. The molecule has 3 aliphatic heterocycles. The smallest absolute Gasteiger partial charge is 0.309 e. The van der Waals surface area contributed by atoms with E-state index in [1.54, 1.807) is 19.4 Å². The molecule has 0 unspecified atom stereocenters. The highest BCUT2D eigenvalue weighted by Gasteiger charge is 2.48. The number of ether oxygens (including phenoxy) is 2. The van der Waals surface area contributed by atoms with Crippen LogP contribution in [0.25, 0.3) is 33.5 Å². The number of aliphatic carboxylic acids is 1. The number of hydrogen-bond donors (Lipinski definition) is 2. The number of nitrogens with zero attached hydrogens (tertiary/aromatic N) is 6. The average molecular weight is 769 g/mol. The zero-order valence-electron chi connectivity index (χ0n) is 29.9. The molecule has 2 aromatic carbocycles. The average Bonchev–Trinajstić information content (AvgIpc) is 3.81. The Hall–Kier alpha value is -4.75. The van der Waals surface area contributed by atoms with Crippen molar-refractivity contribution in [2.24, 2.45) is 18.4 Å². The van der Waals surface area contributed by atoms with Crippen LogP contribution < -0.4 is 14.8 Å². The molecule has 54 heavy (non-hydrogen) atoms. The van der Waals surface area contributed by atoms with Gasteiger partial charge in [-0.05, 0) is 35.6 Å². The molecule has 3 aromatic heterocycles. The van der Waals surface area contributed by atoms with Crippen molar-refractivity contribution < 1.29 is 24.2 Å². The lowest BCUT2D eigenvalue weighted by molar-refractivity contribution is -0.147. The lowest BCUT2D eigenvalue weighted by atomic mass is 9.79. The van der Waals surface area contributed by atoms with Gasteiger partial charge in [-0.15, -0.1) is 0 Å². The van der Waals surface area contributed by atoms with Crippen LogP contribution in [0.3, 0.4) is 0 Å². The molecule has 9 rings (SSSR count). The maximum atomic E-state index is 11.8. The summed E-state index contributed by atoms with van der Waals surface area (Å²) in [5.41, 5.74) is 9.29. The van der Waals surface area contributed by atoms with Crippen LogP contribution >= 0.6 is 23.2 Å². The molecular formula is C40H39Cl2N7O5. The van der Waals surface area contributed by atoms with Gasteiger partial charge < -0.3 is 24.5 Å². The van der Waals surface area contributed by atoms with Crippen molar-refractivity contribution in [1.82, 2.24) is 34.6 Å². The van der Waals surface area contributed by atoms with Crippen LogP contribution in [0.1, 0.15) is 41.2 Å². The Morgan fingerprint density at radius 2 is 1.78 bits per heavy atom. The number of nitrogens with one attached hydrogen (secondary N) is 1. The molecule has 0 bridgehead atoms. The Kier molecular flexibility index (Phi) is 8.76. The fourth-order valence-electron chi connectivity index (χ4n) is 8.71. The van der Waals surface area contributed by atoms with Crippen molar-refractivity contribution in [3.8, 4) is 34.1 Å². The van der Waals surface area contributed by atoms with E-state index in [0.717, 1.165) is 89.1 Å². The normalized spacial score (nSPS) is 19.5. The van der Waals surface area contributed by atoms with Crippen LogP contribution in [0.5, 0.6) is 11.8 Å². The molecule has 1 spiro atoms. The van der Waals surface area contributed by atoms with Crippen molar-refractivity contribution in [3.05, 3.63) is 87.2 Å². The number of benzene rings is 2. The second-order valence-electron chi connectivity index (χ2n) is 15.1. The lowest BCUT2D eigenvalue weighted by Crippen LogP contribution is -2.56. The Morgan fingerprint density at radius 1 is 1.02 bits per heavy atom. The van der Waals surface area contributed by atoms with Crippen LogP contribution in [0, 0.1) is 11.3 Å². The number of aryl methyl sites for hydroxylation is 1. The number of halogens is 2. The number of aromatic nitrogens is 4. The summed E-state index contributed by atoms with van der Waals surface area (Å²) in [4.78, 5) is 42.0. The molecule has 3 saturated heterocycles.